The fraction of sp³-hybridized carbons (Fsp3) is 0.250. The third-order valence-electron chi connectivity index (χ3n) is 2.53. The summed E-state index contributed by atoms with van der Waals surface area (Å²) >= 11 is 5.79. The molecular weight excluding hydrogens is 246 g/mol. The third-order valence-corrected chi connectivity index (χ3v) is 2.82. The highest BCUT2D eigenvalue weighted by Crippen LogP contribution is 2.36. The smallest absolute Gasteiger partial charge is 0.277 e. The lowest BCUT2D eigenvalue weighted by atomic mass is 10.1. The molecule has 0 saturated heterocycles. The second-order valence-corrected chi connectivity index (χ2v) is 4.12. The fourth-order valence-corrected chi connectivity index (χ4v) is 1.95. The summed E-state index contributed by atoms with van der Waals surface area (Å²) in [6.45, 7) is -0.101. The summed E-state index contributed by atoms with van der Waals surface area (Å²) in [4.78, 5) is 3.97. The average Bonchev–Trinajstić information content (AvgIpc) is 2.27. The summed E-state index contributed by atoms with van der Waals surface area (Å²) in [5, 5.41) is 0.478. The average molecular weight is 257 g/mol. The first-order valence-corrected chi connectivity index (χ1v) is 5.56. The van der Waals surface area contributed by atoms with Crippen molar-refractivity contribution in [2.24, 2.45) is 5.73 Å². The highest BCUT2D eigenvalue weighted by molar-refractivity contribution is 6.30. The van der Waals surface area contributed by atoms with E-state index >= 15 is 0 Å². The number of benzene rings is 1. The number of pyridine rings is 1. The van der Waals surface area contributed by atoms with E-state index in [4.69, 9.17) is 17.3 Å². The summed E-state index contributed by atoms with van der Waals surface area (Å²) in [5.74, 6) is -3.04. The second kappa shape index (κ2) is 4.55. The minimum atomic E-state index is -3.04. The molecule has 90 valence electrons. The number of nitrogens with two attached hydrogens (primary N) is 1. The molecule has 0 bridgehead atoms. The van der Waals surface area contributed by atoms with E-state index in [1.807, 2.05) is 0 Å². The van der Waals surface area contributed by atoms with Crippen molar-refractivity contribution in [2.45, 2.75) is 12.3 Å². The molecule has 0 saturated carbocycles. The number of aromatic nitrogens is 1. The molecule has 2 nitrogen and oxygen atoms in total. The fourth-order valence-electron chi connectivity index (χ4n) is 1.66. The Morgan fingerprint density at radius 1 is 1.29 bits per heavy atom. The molecule has 1 aromatic heterocycles. The maximum absolute atomic E-state index is 13.7. The van der Waals surface area contributed by atoms with Crippen LogP contribution >= 0.6 is 11.6 Å². The van der Waals surface area contributed by atoms with Crippen molar-refractivity contribution < 1.29 is 8.78 Å². The lowest BCUT2D eigenvalue weighted by molar-refractivity contribution is -0.0107. The van der Waals surface area contributed by atoms with Crippen molar-refractivity contribution in [3.05, 3.63) is 41.0 Å². The highest BCUT2D eigenvalue weighted by atomic mass is 35.5. The third kappa shape index (κ3) is 2.37. The molecule has 0 aliphatic rings. The number of hydrogen-bond donors (Lipinski definition) is 1. The first-order chi connectivity index (χ1) is 8.04. The topological polar surface area (TPSA) is 38.9 Å². The number of nitrogens with zero attached hydrogens (tertiary/aromatic N) is 1. The van der Waals surface area contributed by atoms with Gasteiger partial charge in [0.1, 0.15) is 5.15 Å². The summed E-state index contributed by atoms with van der Waals surface area (Å²) in [7, 11) is 0. The number of rotatable bonds is 3. The maximum Gasteiger partial charge on any atom is 0.277 e. The van der Waals surface area contributed by atoms with Crippen LogP contribution in [0.15, 0.2) is 30.3 Å². The predicted octanol–water partition coefficient (Wildman–Crippen LogP) is 3.33. The molecule has 0 aliphatic heterocycles. The normalized spacial score (nSPS) is 12.0. The van der Waals surface area contributed by atoms with E-state index in [0.717, 1.165) is 0 Å². The number of alkyl halides is 2. The first-order valence-electron chi connectivity index (χ1n) is 5.18. The Hall–Kier alpha value is -1.26. The number of halogens is 3. The molecule has 0 amide bonds. The van der Waals surface area contributed by atoms with Gasteiger partial charge in [0.2, 0.25) is 0 Å². The highest BCUT2D eigenvalue weighted by Gasteiger charge is 2.33. The summed E-state index contributed by atoms with van der Waals surface area (Å²) < 4.78 is 27.5. The molecule has 0 atom stereocenters. The minimum Gasteiger partial charge on any atom is -0.330 e. The van der Waals surface area contributed by atoms with Crippen LogP contribution in [0.5, 0.6) is 0 Å². The maximum atomic E-state index is 13.7. The van der Waals surface area contributed by atoms with Crippen LogP contribution in [0.25, 0.3) is 10.9 Å². The molecule has 0 fully saturated rings. The molecule has 2 rings (SSSR count). The Labute approximate surface area is 102 Å². The zero-order chi connectivity index (χ0) is 12.5. The lowest BCUT2D eigenvalue weighted by Gasteiger charge is -2.17. The van der Waals surface area contributed by atoms with Gasteiger partial charge in [0.05, 0.1) is 11.1 Å². The Morgan fingerprint density at radius 3 is 2.71 bits per heavy atom. The van der Waals surface area contributed by atoms with E-state index in [-0.39, 0.29) is 17.3 Å². The summed E-state index contributed by atoms with van der Waals surface area (Å²) in [6, 6.07) is 8.37. The molecule has 0 aliphatic carbocycles. The van der Waals surface area contributed by atoms with Crippen LogP contribution < -0.4 is 5.73 Å². The Kier molecular flexibility index (Phi) is 3.26. The van der Waals surface area contributed by atoms with Crippen LogP contribution in [0.1, 0.15) is 12.0 Å². The molecular formula is C12H11ClF2N2. The van der Waals surface area contributed by atoms with Gasteiger partial charge in [-0.25, -0.2) is 13.8 Å². The lowest BCUT2D eigenvalue weighted by Crippen LogP contribution is -2.19. The SMILES string of the molecule is NCCC(F)(F)c1cc2ccccc2nc1Cl. The monoisotopic (exact) mass is 256 g/mol. The van der Waals surface area contributed by atoms with E-state index in [2.05, 4.69) is 4.98 Å². The first kappa shape index (κ1) is 12.2. The number of hydrogen-bond acceptors (Lipinski definition) is 2. The predicted molar refractivity (Wildman–Crippen MR) is 64.3 cm³/mol. The summed E-state index contributed by atoms with van der Waals surface area (Å²) in [5.41, 5.74) is 5.51. The Morgan fingerprint density at radius 2 is 2.00 bits per heavy atom. The van der Waals surface area contributed by atoms with Crippen LogP contribution in [-0.4, -0.2) is 11.5 Å². The molecule has 0 unspecified atom stereocenters. The second-order valence-electron chi connectivity index (χ2n) is 3.76. The van der Waals surface area contributed by atoms with Crippen LogP contribution in [0, 0.1) is 0 Å². The Balaban J connectivity index is 2.58. The van der Waals surface area contributed by atoms with Crippen LogP contribution in [0.2, 0.25) is 5.15 Å². The molecule has 0 radical (unpaired) electrons. The van der Waals surface area contributed by atoms with Gasteiger partial charge < -0.3 is 5.73 Å². The molecule has 0 spiro atoms. The van der Waals surface area contributed by atoms with Gasteiger partial charge in [-0.3, -0.25) is 0 Å². The molecule has 17 heavy (non-hydrogen) atoms. The van der Waals surface area contributed by atoms with Gasteiger partial charge >= 0.3 is 0 Å². The van der Waals surface area contributed by atoms with Crippen molar-refractivity contribution in [3.63, 3.8) is 0 Å². The molecule has 1 aromatic carbocycles. The van der Waals surface area contributed by atoms with Gasteiger partial charge in [-0.15, -0.1) is 0 Å². The van der Waals surface area contributed by atoms with Gasteiger partial charge in [-0.1, -0.05) is 29.8 Å². The largest absolute Gasteiger partial charge is 0.330 e. The van der Waals surface area contributed by atoms with Crippen molar-refractivity contribution in [2.75, 3.05) is 6.54 Å². The van der Waals surface area contributed by atoms with E-state index < -0.39 is 12.3 Å². The van der Waals surface area contributed by atoms with E-state index in [1.54, 1.807) is 24.3 Å². The van der Waals surface area contributed by atoms with Crippen molar-refractivity contribution in [1.82, 2.24) is 4.98 Å². The van der Waals surface area contributed by atoms with Gasteiger partial charge in [0.15, 0.2) is 0 Å². The van der Waals surface area contributed by atoms with Gasteiger partial charge in [-0.2, -0.15) is 0 Å². The number of para-hydroxylation sites is 1. The molecule has 2 aromatic rings. The standard InChI is InChI=1S/C12H11ClF2N2/c13-11-9(12(14,15)5-6-16)7-8-3-1-2-4-10(8)17-11/h1-4,7H,5-6,16H2. The van der Waals surface area contributed by atoms with Crippen molar-refractivity contribution >= 4 is 22.5 Å². The minimum absolute atomic E-state index is 0.101. The van der Waals surface area contributed by atoms with Crippen LogP contribution in [0.3, 0.4) is 0 Å². The Bertz CT molecular complexity index is 543. The van der Waals surface area contributed by atoms with E-state index in [9.17, 15) is 8.78 Å². The zero-order valence-electron chi connectivity index (χ0n) is 8.96. The summed E-state index contributed by atoms with van der Waals surface area (Å²) in [6.07, 6.45) is -0.438. The number of fused-ring (bicyclic) bond motifs is 1. The van der Waals surface area contributed by atoms with Gasteiger partial charge in [0.25, 0.3) is 5.92 Å². The van der Waals surface area contributed by atoms with Gasteiger partial charge in [-0.05, 0) is 18.7 Å². The van der Waals surface area contributed by atoms with Crippen molar-refractivity contribution in [1.29, 1.82) is 0 Å². The van der Waals surface area contributed by atoms with E-state index in [1.165, 1.54) is 6.07 Å². The van der Waals surface area contributed by atoms with Crippen LogP contribution in [-0.2, 0) is 5.92 Å². The van der Waals surface area contributed by atoms with Crippen molar-refractivity contribution in [3.8, 4) is 0 Å². The zero-order valence-corrected chi connectivity index (χ0v) is 9.72. The molecule has 1 heterocycles. The molecule has 2 N–H and O–H groups in total. The van der Waals surface area contributed by atoms with Crippen LogP contribution in [0.4, 0.5) is 8.78 Å². The molecule has 5 heteroatoms. The van der Waals surface area contributed by atoms with Gasteiger partial charge in [0, 0.05) is 11.8 Å². The quantitative estimate of drug-likeness (QED) is 0.856. The van der Waals surface area contributed by atoms with E-state index in [0.29, 0.717) is 10.9 Å².